The normalized spacial score (nSPS) is 18.0. The monoisotopic (exact) mass is 300 g/mol. The van der Waals surface area contributed by atoms with E-state index in [1.807, 2.05) is 0 Å². The van der Waals surface area contributed by atoms with Gasteiger partial charge in [-0.3, -0.25) is 14.4 Å². The van der Waals surface area contributed by atoms with Gasteiger partial charge in [0, 0.05) is 20.1 Å². The van der Waals surface area contributed by atoms with E-state index < -0.39 is 23.3 Å². The Balaban J connectivity index is 2.45. The highest BCUT2D eigenvalue weighted by atomic mass is 16.5. The Kier molecular flexibility index (Phi) is 6.61. The minimum atomic E-state index is -0.962. The van der Waals surface area contributed by atoms with Gasteiger partial charge in [-0.15, -0.1) is 0 Å². The molecule has 1 unspecified atom stereocenters. The Morgan fingerprint density at radius 1 is 1.29 bits per heavy atom. The Hall–Kier alpha value is -1.63. The lowest BCUT2D eigenvalue weighted by Gasteiger charge is -2.24. The number of carboxylic acids is 1. The maximum Gasteiger partial charge on any atom is 0.310 e. The Bertz CT molecular complexity index is 391. The molecule has 2 amide bonds. The Morgan fingerprint density at radius 2 is 1.90 bits per heavy atom. The molecule has 21 heavy (non-hydrogen) atoms. The number of nitrogens with one attached hydrogen (secondary N) is 2. The van der Waals surface area contributed by atoms with E-state index in [2.05, 4.69) is 10.6 Å². The van der Waals surface area contributed by atoms with Gasteiger partial charge < -0.3 is 20.5 Å². The molecule has 0 aliphatic heterocycles. The van der Waals surface area contributed by atoms with Gasteiger partial charge in [0.25, 0.3) is 0 Å². The van der Waals surface area contributed by atoms with Crippen LogP contribution in [0.3, 0.4) is 0 Å². The molecule has 1 saturated carbocycles. The average Bonchev–Trinajstić information content (AvgIpc) is 2.88. The standard InChI is InChI=1S/C14H24N2O5/c1-10(12(18)15-7-8-21-2)16-11(17)9-14(13(19)20)5-3-4-6-14/h10H,3-9H2,1-2H3,(H,15,18)(H,16,17)(H,19,20). The predicted octanol–water partition coefficient (Wildman–Crippen LogP) is 0.289. The molecule has 3 N–H and O–H groups in total. The van der Waals surface area contributed by atoms with Crippen LogP contribution in [0, 0.1) is 5.41 Å². The predicted molar refractivity (Wildman–Crippen MR) is 75.6 cm³/mol. The maximum absolute atomic E-state index is 12.0. The molecule has 0 saturated heterocycles. The number of ether oxygens (including phenoxy) is 1. The van der Waals surface area contributed by atoms with Crippen molar-refractivity contribution in [2.75, 3.05) is 20.3 Å². The van der Waals surface area contributed by atoms with Gasteiger partial charge in [0.15, 0.2) is 0 Å². The van der Waals surface area contributed by atoms with Crippen LogP contribution in [0.25, 0.3) is 0 Å². The van der Waals surface area contributed by atoms with Gasteiger partial charge in [-0.1, -0.05) is 12.8 Å². The number of carbonyl (C=O) groups is 3. The third kappa shape index (κ3) is 5.00. The van der Waals surface area contributed by atoms with E-state index in [4.69, 9.17) is 4.74 Å². The molecule has 0 heterocycles. The van der Waals surface area contributed by atoms with Crippen molar-refractivity contribution in [2.24, 2.45) is 5.41 Å². The van der Waals surface area contributed by atoms with Crippen LogP contribution in [0.5, 0.6) is 0 Å². The summed E-state index contributed by atoms with van der Waals surface area (Å²) < 4.78 is 4.81. The fourth-order valence-corrected chi connectivity index (χ4v) is 2.61. The summed E-state index contributed by atoms with van der Waals surface area (Å²) in [5, 5.41) is 14.5. The van der Waals surface area contributed by atoms with Crippen LogP contribution in [0.15, 0.2) is 0 Å². The highest BCUT2D eigenvalue weighted by molar-refractivity contribution is 5.89. The average molecular weight is 300 g/mol. The van der Waals surface area contributed by atoms with Gasteiger partial charge in [-0.05, 0) is 19.8 Å². The Morgan fingerprint density at radius 3 is 2.43 bits per heavy atom. The molecule has 1 aliphatic rings. The fraction of sp³-hybridized carbons (Fsp3) is 0.786. The summed E-state index contributed by atoms with van der Waals surface area (Å²) >= 11 is 0. The molecular weight excluding hydrogens is 276 g/mol. The van der Waals surface area contributed by atoms with E-state index in [0.29, 0.717) is 26.0 Å². The minimum Gasteiger partial charge on any atom is -0.481 e. The first-order valence-electron chi connectivity index (χ1n) is 7.21. The molecule has 7 heteroatoms. The fourth-order valence-electron chi connectivity index (χ4n) is 2.61. The van der Waals surface area contributed by atoms with E-state index in [1.165, 1.54) is 7.11 Å². The third-order valence-electron chi connectivity index (χ3n) is 3.89. The van der Waals surface area contributed by atoms with Crippen LogP contribution in [0.2, 0.25) is 0 Å². The summed E-state index contributed by atoms with van der Waals surface area (Å²) in [6, 6.07) is -0.693. The first-order chi connectivity index (χ1) is 9.91. The molecule has 1 atom stereocenters. The summed E-state index contributed by atoms with van der Waals surface area (Å²) in [7, 11) is 1.53. The maximum atomic E-state index is 12.0. The van der Waals surface area contributed by atoms with Crippen molar-refractivity contribution in [3.05, 3.63) is 0 Å². The zero-order valence-electron chi connectivity index (χ0n) is 12.6. The third-order valence-corrected chi connectivity index (χ3v) is 3.89. The number of carboxylic acid groups (broad SMARTS) is 1. The highest BCUT2D eigenvalue weighted by Gasteiger charge is 2.43. The van der Waals surface area contributed by atoms with E-state index in [9.17, 15) is 19.5 Å². The van der Waals surface area contributed by atoms with Gasteiger partial charge in [-0.25, -0.2) is 0 Å². The summed E-state index contributed by atoms with van der Waals surface area (Å²) in [6.07, 6.45) is 2.62. The summed E-state index contributed by atoms with van der Waals surface area (Å²) in [5.41, 5.74) is -0.962. The van der Waals surface area contributed by atoms with Crippen molar-refractivity contribution in [1.82, 2.24) is 10.6 Å². The van der Waals surface area contributed by atoms with E-state index in [1.54, 1.807) is 6.92 Å². The number of rotatable bonds is 8. The zero-order valence-corrected chi connectivity index (χ0v) is 12.6. The van der Waals surface area contributed by atoms with E-state index in [0.717, 1.165) is 12.8 Å². The van der Waals surface area contributed by atoms with E-state index >= 15 is 0 Å². The van der Waals surface area contributed by atoms with Crippen molar-refractivity contribution in [3.8, 4) is 0 Å². The van der Waals surface area contributed by atoms with Crippen LogP contribution >= 0.6 is 0 Å². The van der Waals surface area contributed by atoms with Crippen molar-refractivity contribution in [3.63, 3.8) is 0 Å². The molecule has 0 radical (unpaired) electrons. The van der Waals surface area contributed by atoms with Crippen LogP contribution in [-0.4, -0.2) is 49.2 Å². The number of aliphatic carboxylic acids is 1. The first kappa shape index (κ1) is 17.4. The van der Waals surface area contributed by atoms with Crippen LogP contribution < -0.4 is 10.6 Å². The number of hydrogen-bond acceptors (Lipinski definition) is 4. The second-order valence-electron chi connectivity index (χ2n) is 5.54. The zero-order chi connectivity index (χ0) is 15.9. The van der Waals surface area contributed by atoms with Crippen LogP contribution in [-0.2, 0) is 19.1 Å². The van der Waals surface area contributed by atoms with Gasteiger partial charge >= 0.3 is 5.97 Å². The SMILES string of the molecule is COCCNC(=O)C(C)NC(=O)CC1(C(=O)O)CCCC1. The van der Waals surface area contributed by atoms with Gasteiger partial charge in [0.2, 0.25) is 11.8 Å². The number of amides is 2. The molecular formula is C14H24N2O5. The molecule has 7 nitrogen and oxygen atoms in total. The molecule has 1 rings (SSSR count). The van der Waals surface area contributed by atoms with Gasteiger partial charge in [0.05, 0.1) is 12.0 Å². The lowest BCUT2D eigenvalue weighted by atomic mass is 9.82. The van der Waals surface area contributed by atoms with Gasteiger partial charge in [-0.2, -0.15) is 0 Å². The Labute approximate surface area is 124 Å². The first-order valence-corrected chi connectivity index (χ1v) is 7.21. The largest absolute Gasteiger partial charge is 0.481 e. The van der Waals surface area contributed by atoms with Crippen molar-refractivity contribution >= 4 is 17.8 Å². The topological polar surface area (TPSA) is 105 Å². The summed E-state index contributed by atoms with van der Waals surface area (Å²) in [5.74, 6) is -1.63. The number of carbonyl (C=O) groups excluding carboxylic acids is 2. The molecule has 1 fully saturated rings. The smallest absolute Gasteiger partial charge is 0.310 e. The molecule has 0 spiro atoms. The lowest BCUT2D eigenvalue weighted by molar-refractivity contribution is -0.151. The lowest BCUT2D eigenvalue weighted by Crippen LogP contribution is -2.47. The van der Waals surface area contributed by atoms with Crippen LogP contribution in [0.4, 0.5) is 0 Å². The van der Waals surface area contributed by atoms with Crippen LogP contribution in [0.1, 0.15) is 39.0 Å². The number of methoxy groups -OCH3 is 1. The molecule has 0 aromatic carbocycles. The second kappa shape index (κ2) is 7.97. The quantitative estimate of drug-likeness (QED) is 0.559. The van der Waals surface area contributed by atoms with Crippen molar-refractivity contribution in [1.29, 1.82) is 0 Å². The molecule has 0 bridgehead atoms. The molecule has 1 aliphatic carbocycles. The second-order valence-corrected chi connectivity index (χ2v) is 5.54. The number of hydrogen-bond donors (Lipinski definition) is 3. The van der Waals surface area contributed by atoms with Crippen molar-refractivity contribution in [2.45, 2.75) is 45.1 Å². The minimum absolute atomic E-state index is 0.0714. The highest BCUT2D eigenvalue weighted by Crippen LogP contribution is 2.41. The van der Waals surface area contributed by atoms with Crippen molar-refractivity contribution < 1.29 is 24.2 Å². The summed E-state index contributed by atoms with van der Waals surface area (Å²) in [4.78, 5) is 35.1. The van der Waals surface area contributed by atoms with Gasteiger partial charge in [0.1, 0.15) is 6.04 Å². The molecule has 120 valence electrons. The van der Waals surface area contributed by atoms with E-state index in [-0.39, 0.29) is 12.3 Å². The molecule has 0 aromatic rings. The summed E-state index contributed by atoms with van der Waals surface area (Å²) in [6.45, 7) is 2.34. The molecule has 0 aromatic heterocycles.